The number of unbranched alkanes of at least 4 members (excludes halogenated alkanes) is 4. The van der Waals surface area contributed by atoms with Crippen molar-refractivity contribution in [1.29, 1.82) is 10.7 Å². The average molecular weight is 414 g/mol. The monoisotopic (exact) mass is 413 g/mol. The summed E-state index contributed by atoms with van der Waals surface area (Å²) in [5.41, 5.74) is 2.22. The first-order valence-corrected chi connectivity index (χ1v) is 10.2. The number of hydrogen-bond acceptors (Lipinski definition) is 5. The molecule has 162 valence electrons. The summed E-state index contributed by atoms with van der Waals surface area (Å²) in [6.07, 6.45) is 12.9. The SMILES string of the molecule is C#N.CCC/C=C\C(=N)CCCCCCC(=O)c1ccon1.Cc1ccc(F)cc1. The molecule has 0 spiro atoms. The van der Waals surface area contributed by atoms with Gasteiger partial charge < -0.3 is 9.93 Å². The smallest absolute Gasteiger partial charge is 0.184 e. The summed E-state index contributed by atoms with van der Waals surface area (Å²) < 4.78 is 16.7. The molecule has 0 atom stereocenters. The van der Waals surface area contributed by atoms with Gasteiger partial charge in [-0.2, -0.15) is 0 Å². The minimum Gasteiger partial charge on any atom is -0.364 e. The normalized spacial score (nSPS) is 9.90. The highest BCUT2D eigenvalue weighted by Gasteiger charge is 2.07. The molecule has 30 heavy (non-hydrogen) atoms. The minimum atomic E-state index is -0.171. The second-order valence-electron chi connectivity index (χ2n) is 6.73. The number of ketones is 1. The van der Waals surface area contributed by atoms with Crippen LogP contribution in [0.15, 0.2) is 53.3 Å². The number of aromatic nitrogens is 1. The average Bonchev–Trinajstić information content (AvgIpc) is 3.30. The van der Waals surface area contributed by atoms with E-state index in [1.165, 1.54) is 18.4 Å². The molecule has 6 heteroatoms. The lowest BCUT2D eigenvalue weighted by molar-refractivity contribution is 0.0970. The Hall–Kier alpha value is -3.07. The minimum absolute atomic E-state index is 0.0500. The van der Waals surface area contributed by atoms with Gasteiger partial charge in [0.25, 0.3) is 0 Å². The molecule has 0 amide bonds. The summed E-state index contributed by atoms with van der Waals surface area (Å²) in [5.74, 6) is -0.121. The van der Waals surface area contributed by atoms with Crippen LogP contribution in [0.5, 0.6) is 0 Å². The molecule has 1 aromatic carbocycles. The lowest BCUT2D eigenvalue weighted by Crippen LogP contribution is -1.99. The number of nitrogens with one attached hydrogen (secondary N) is 1. The highest BCUT2D eigenvalue weighted by molar-refractivity contribution is 5.93. The number of benzene rings is 1. The van der Waals surface area contributed by atoms with Gasteiger partial charge in [-0.05, 0) is 50.8 Å². The number of Topliss-reactive ketones (excluding diaryl/α,β-unsaturated/α-hetero) is 1. The second-order valence-corrected chi connectivity index (χ2v) is 6.73. The van der Waals surface area contributed by atoms with Crippen LogP contribution >= 0.6 is 0 Å². The zero-order valence-corrected chi connectivity index (χ0v) is 17.9. The Morgan fingerprint density at radius 2 is 1.77 bits per heavy atom. The van der Waals surface area contributed by atoms with Gasteiger partial charge in [0.1, 0.15) is 17.8 Å². The van der Waals surface area contributed by atoms with Crippen molar-refractivity contribution in [1.82, 2.24) is 5.16 Å². The van der Waals surface area contributed by atoms with Crippen LogP contribution in [0, 0.1) is 30.0 Å². The fourth-order valence-corrected chi connectivity index (χ4v) is 2.45. The molecule has 0 radical (unpaired) electrons. The zero-order valence-electron chi connectivity index (χ0n) is 17.9. The molecule has 0 aliphatic rings. The molecule has 0 bridgehead atoms. The molecule has 1 aromatic heterocycles. The third kappa shape index (κ3) is 14.0. The van der Waals surface area contributed by atoms with E-state index in [0.717, 1.165) is 50.5 Å². The van der Waals surface area contributed by atoms with E-state index in [1.54, 1.807) is 18.2 Å². The summed E-state index contributed by atoms with van der Waals surface area (Å²) in [7, 11) is 0. The molecule has 0 saturated heterocycles. The number of rotatable bonds is 11. The molecule has 5 nitrogen and oxygen atoms in total. The van der Waals surface area contributed by atoms with E-state index in [0.29, 0.717) is 17.8 Å². The van der Waals surface area contributed by atoms with Gasteiger partial charge in [-0.25, -0.2) is 9.65 Å². The number of allylic oxidation sites excluding steroid dienone is 2. The standard InChI is InChI=1S/C16H24N2O2.C7H7F.CHN/c1-2-3-6-9-14(17)10-7-4-5-8-11-16(19)15-12-13-20-18-15;1-6-2-4-7(8)5-3-6;1-2/h6,9,12-13,17H,2-5,7-8,10-11H2,1H3;2-5H,1H3;1H/b9-6-,17-14?;;. The van der Waals surface area contributed by atoms with E-state index in [2.05, 4.69) is 29.3 Å². The Morgan fingerprint density at radius 1 is 1.13 bits per heavy atom. The molecule has 0 fully saturated rings. The van der Waals surface area contributed by atoms with Crippen LogP contribution in [0.1, 0.15) is 74.3 Å². The summed E-state index contributed by atoms with van der Waals surface area (Å²) in [6, 6.07) is 8.00. The number of aryl methyl sites for hydroxylation is 1. The van der Waals surface area contributed by atoms with Gasteiger partial charge in [0, 0.05) is 24.8 Å². The number of nitrogens with zero attached hydrogens (tertiary/aromatic N) is 2. The van der Waals surface area contributed by atoms with Crippen LogP contribution in [-0.4, -0.2) is 16.7 Å². The van der Waals surface area contributed by atoms with Crippen molar-refractivity contribution < 1.29 is 13.7 Å². The second kappa shape index (κ2) is 18.0. The molecule has 0 aliphatic heterocycles. The quantitative estimate of drug-likeness (QED) is 0.248. The molecule has 0 aliphatic carbocycles. The van der Waals surface area contributed by atoms with E-state index in [-0.39, 0.29) is 11.6 Å². The fraction of sp³-hybridized carbons (Fsp3) is 0.417. The number of carbonyl (C=O) groups is 1. The van der Waals surface area contributed by atoms with Gasteiger partial charge in [-0.15, -0.1) is 0 Å². The van der Waals surface area contributed by atoms with Crippen molar-refractivity contribution in [2.24, 2.45) is 0 Å². The largest absolute Gasteiger partial charge is 0.364 e. The molecule has 0 saturated carbocycles. The predicted octanol–water partition coefficient (Wildman–Crippen LogP) is 6.85. The Kier molecular flexibility index (Phi) is 16.1. The Bertz CT molecular complexity index is 730. The van der Waals surface area contributed by atoms with Crippen LogP contribution in [0.2, 0.25) is 0 Å². The Morgan fingerprint density at radius 3 is 2.30 bits per heavy atom. The van der Waals surface area contributed by atoms with Crippen LogP contribution < -0.4 is 0 Å². The van der Waals surface area contributed by atoms with Gasteiger partial charge in [0.15, 0.2) is 5.78 Å². The van der Waals surface area contributed by atoms with E-state index in [4.69, 9.17) is 10.7 Å². The molecule has 2 rings (SSSR count). The van der Waals surface area contributed by atoms with Gasteiger partial charge in [0.2, 0.25) is 0 Å². The van der Waals surface area contributed by atoms with Gasteiger partial charge in [0.05, 0.1) is 0 Å². The Labute approximate surface area is 179 Å². The van der Waals surface area contributed by atoms with Crippen molar-refractivity contribution in [3.63, 3.8) is 0 Å². The van der Waals surface area contributed by atoms with Crippen LogP contribution in [-0.2, 0) is 0 Å². The number of hydrogen-bond donors (Lipinski definition) is 1. The molecule has 2 aromatic rings. The molecule has 0 unspecified atom stereocenters. The number of halogens is 1. The Balaban J connectivity index is 0.000000696. The third-order valence-electron chi connectivity index (χ3n) is 4.11. The van der Waals surface area contributed by atoms with Crippen molar-refractivity contribution in [2.75, 3.05) is 0 Å². The maximum Gasteiger partial charge on any atom is 0.184 e. The zero-order chi connectivity index (χ0) is 22.6. The summed E-state index contributed by atoms with van der Waals surface area (Å²) in [5, 5.41) is 17.9. The molecule has 1 heterocycles. The van der Waals surface area contributed by atoms with Crippen LogP contribution in [0.25, 0.3) is 0 Å². The summed E-state index contributed by atoms with van der Waals surface area (Å²) in [6.45, 7) is 7.56. The lowest BCUT2D eigenvalue weighted by Gasteiger charge is -2.00. The summed E-state index contributed by atoms with van der Waals surface area (Å²) >= 11 is 0. The third-order valence-corrected chi connectivity index (χ3v) is 4.11. The predicted molar refractivity (Wildman–Crippen MR) is 118 cm³/mol. The topological polar surface area (TPSA) is 90.7 Å². The van der Waals surface area contributed by atoms with E-state index < -0.39 is 0 Å². The maximum atomic E-state index is 12.1. The summed E-state index contributed by atoms with van der Waals surface area (Å²) in [4.78, 5) is 11.6. The van der Waals surface area contributed by atoms with Crippen molar-refractivity contribution >= 4 is 11.5 Å². The van der Waals surface area contributed by atoms with Gasteiger partial charge in [-0.1, -0.05) is 55.1 Å². The van der Waals surface area contributed by atoms with Crippen LogP contribution in [0.4, 0.5) is 4.39 Å². The van der Waals surface area contributed by atoms with Gasteiger partial charge >= 0.3 is 0 Å². The maximum absolute atomic E-state index is 12.1. The van der Waals surface area contributed by atoms with E-state index in [9.17, 15) is 9.18 Å². The number of carbonyl (C=O) groups excluding carboxylic acids is 1. The van der Waals surface area contributed by atoms with E-state index >= 15 is 0 Å². The van der Waals surface area contributed by atoms with Crippen LogP contribution in [0.3, 0.4) is 0 Å². The van der Waals surface area contributed by atoms with Crippen molar-refractivity contribution in [2.45, 2.75) is 65.2 Å². The molecular weight excluding hydrogens is 381 g/mol. The first-order chi connectivity index (χ1) is 14.5. The molecular formula is C24H32FN3O2. The fourth-order valence-electron chi connectivity index (χ4n) is 2.45. The number of nitriles is 1. The van der Waals surface area contributed by atoms with Crippen molar-refractivity contribution in [3.05, 3.63) is 65.8 Å². The highest BCUT2D eigenvalue weighted by atomic mass is 19.1. The van der Waals surface area contributed by atoms with E-state index in [1.807, 2.05) is 13.0 Å². The van der Waals surface area contributed by atoms with Crippen molar-refractivity contribution in [3.8, 4) is 6.57 Å². The van der Waals surface area contributed by atoms with Gasteiger partial charge in [-0.3, -0.25) is 4.79 Å². The lowest BCUT2D eigenvalue weighted by atomic mass is 10.1. The first-order valence-electron chi connectivity index (χ1n) is 10.2. The highest BCUT2D eigenvalue weighted by Crippen LogP contribution is 2.09. The first kappa shape index (κ1) is 26.9. The molecule has 1 N–H and O–H groups in total.